The Morgan fingerprint density at radius 1 is 1.04 bits per heavy atom. The van der Waals surface area contributed by atoms with Crippen LogP contribution in [0.15, 0.2) is 54.6 Å². The minimum absolute atomic E-state index is 0.282. The van der Waals surface area contributed by atoms with E-state index in [-0.39, 0.29) is 6.42 Å². The first-order chi connectivity index (χ1) is 11.6. The summed E-state index contributed by atoms with van der Waals surface area (Å²) in [5.41, 5.74) is 1.06. The van der Waals surface area contributed by atoms with Crippen LogP contribution in [0.2, 0.25) is 0 Å². The van der Waals surface area contributed by atoms with Crippen molar-refractivity contribution < 1.29 is 14.0 Å². The Kier molecular flexibility index (Phi) is 5.81. The fraction of sp³-hybridized carbons (Fsp3) is 0.0556. The third-order valence-electron chi connectivity index (χ3n) is 3.02. The molecule has 0 unspecified atom stereocenters. The maximum absolute atomic E-state index is 13.5. The Bertz CT molecular complexity index is 825. The predicted octanol–water partition coefficient (Wildman–Crippen LogP) is 3.33. The first kappa shape index (κ1) is 16.9. The number of nitrogens with one attached hydrogen (secondary N) is 2. The number of nitriles is 1. The lowest BCUT2D eigenvalue weighted by atomic mass is 10.2. The third kappa shape index (κ3) is 4.78. The molecule has 0 aromatic heterocycles. The van der Waals surface area contributed by atoms with Crippen LogP contribution in [0.25, 0.3) is 6.08 Å². The Hall–Kier alpha value is -3.46. The summed E-state index contributed by atoms with van der Waals surface area (Å²) in [5.74, 6) is -1.37. The van der Waals surface area contributed by atoms with Crippen molar-refractivity contribution in [3.05, 3.63) is 66.0 Å². The minimum Gasteiger partial charge on any atom is -0.323 e. The molecule has 5 nitrogen and oxygen atoms in total. The smallest absolute Gasteiger partial charge is 0.248 e. The second-order valence-electron chi connectivity index (χ2n) is 4.77. The molecule has 2 N–H and O–H groups in total. The largest absolute Gasteiger partial charge is 0.323 e. The molecule has 0 aliphatic carbocycles. The zero-order valence-electron chi connectivity index (χ0n) is 12.6. The number of nitrogens with zero attached hydrogens (tertiary/aromatic N) is 1. The van der Waals surface area contributed by atoms with Crippen LogP contribution < -0.4 is 10.6 Å². The molecule has 0 aliphatic heterocycles. The Labute approximate surface area is 138 Å². The topological polar surface area (TPSA) is 82.0 Å². The molecular formula is C18H14FN3O2. The first-order valence-corrected chi connectivity index (χ1v) is 7.09. The van der Waals surface area contributed by atoms with Crippen LogP contribution in [0, 0.1) is 17.1 Å². The quantitative estimate of drug-likeness (QED) is 0.828. The summed E-state index contributed by atoms with van der Waals surface area (Å²) in [7, 11) is 0. The number of para-hydroxylation sites is 2. The molecule has 24 heavy (non-hydrogen) atoms. The van der Waals surface area contributed by atoms with Crippen molar-refractivity contribution in [1.29, 1.82) is 5.26 Å². The second-order valence-corrected chi connectivity index (χ2v) is 4.77. The molecule has 0 spiro atoms. The molecule has 2 amide bonds. The fourth-order valence-electron chi connectivity index (χ4n) is 1.92. The molecule has 120 valence electrons. The Morgan fingerprint density at radius 3 is 2.33 bits per heavy atom. The highest BCUT2D eigenvalue weighted by Gasteiger charge is 2.08. The van der Waals surface area contributed by atoms with Gasteiger partial charge in [-0.05, 0) is 24.3 Å². The monoisotopic (exact) mass is 323 g/mol. The van der Waals surface area contributed by atoms with Crippen molar-refractivity contribution >= 4 is 29.3 Å². The van der Waals surface area contributed by atoms with Crippen LogP contribution >= 0.6 is 0 Å². The summed E-state index contributed by atoms with van der Waals surface area (Å²) in [5, 5.41) is 13.7. The van der Waals surface area contributed by atoms with Crippen molar-refractivity contribution in [3.8, 4) is 6.07 Å². The number of carbonyl (C=O) groups excluding carboxylic acids is 2. The SMILES string of the molecule is N#CCC(=O)Nc1ccccc1NC(=O)/C=C/c1ccccc1F. The van der Waals surface area contributed by atoms with Crippen LogP contribution in [-0.2, 0) is 9.59 Å². The van der Waals surface area contributed by atoms with Crippen LogP contribution in [0.5, 0.6) is 0 Å². The predicted molar refractivity (Wildman–Crippen MR) is 89.4 cm³/mol. The molecule has 0 atom stereocenters. The number of anilines is 2. The van der Waals surface area contributed by atoms with E-state index in [1.165, 1.54) is 18.2 Å². The van der Waals surface area contributed by atoms with E-state index in [0.29, 0.717) is 16.9 Å². The lowest BCUT2D eigenvalue weighted by Gasteiger charge is -2.10. The van der Waals surface area contributed by atoms with Gasteiger partial charge in [0.2, 0.25) is 11.8 Å². The lowest BCUT2D eigenvalue weighted by Crippen LogP contribution is -2.14. The van der Waals surface area contributed by atoms with Gasteiger partial charge in [0.15, 0.2) is 0 Å². The summed E-state index contributed by atoms with van der Waals surface area (Å²) in [6, 6.07) is 14.4. The maximum atomic E-state index is 13.5. The molecule has 0 heterocycles. The zero-order chi connectivity index (χ0) is 17.4. The maximum Gasteiger partial charge on any atom is 0.248 e. The summed E-state index contributed by atoms with van der Waals surface area (Å²) < 4.78 is 13.5. The molecule has 0 fully saturated rings. The van der Waals surface area contributed by atoms with E-state index in [4.69, 9.17) is 5.26 Å². The number of carbonyl (C=O) groups is 2. The van der Waals surface area contributed by atoms with Gasteiger partial charge in [0.05, 0.1) is 17.4 Å². The molecular weight excluding hydrogens is 309 g/mol. The minimum atomic E-state index is -0.472. The van der Waals surface area contributed by atoms with Crippen LogP contribution in [-0.4, -0.2) is 11.8 Å². The molecule has 0 bridgehead atoms. The van der Waals surface area contributed by atoms with E-state index in [0.717, 1.165) is 0 Å². The molecule has 0 saturated carbocycles. The van der Waals surface area contributed by atoms with Gasteiger partial charge in [-0.15, -0.1) is 0 Å². The van der Waals surface area contributed by atoms with Crippen molar-refractivity contribution in [2.24, 2.45) is 0 Å². The van der Waals surface area contributed by atoms with Gasteiger partial charge in [-0.25, -0.2) is 4.39 Å². The molecule has 0 radical (unpaired) electrons. The summed E-state index contributed by atoms with van der Waals surface area (Å²) in [6.07, 6.45) is 2.28. The van der Waals surface area contributed by atoms with Crippen molar-refractivity contribution in [2.75, 3.05) is 10.6 Å². The van der Waals surface area contributed by atoms with E-state index >= 15 is 0 Å². The van der Waals surface area contributed by atoms with Gasteiger partial charge in [0.25, 0.3) is 0 Å². The Morgan fingerprint density at radius 2 is 1.67 bits per heavy atom. The van der Waals surface area contributed by atoms with E-state index in [1.54, 1.807) is 48.5 Å². The van der Waals surface area contributed by atoms with E-state index < -0.39 is 17.6 Å². The molecule has 2 aromatic carbocycles. The van der Waals surface area contributed by atoms with E-state index in [1.807, 2.05) is 0 Å². The second kappa shape index (κ2) is 8.25. The Balaban J connectivity index is 2.08. The van der Waals surface area contributed by atoms with Gasteiger partial charge in [-0.2, -0.15) is 5.26 Å². The van der Waals surface area contributed by atoms with Gasteiger partial charge in [-0.1, -0.05) is 30.3 Å². The lowest BCUT2D eigenvalue weighted by molar-refractivity contribution is -0.115. The summed E-state index contributed by atoms with van der Waals surface area (Å²) in [6.45, 7) is 0. The van der Waals surface area contributed by atoms with Gasteiger partial charge >= 0.3 is 0 Å². The number of benzene rings is 2. The van der Waals surface area contributed by atoms with Gasteiger partial charge < -0.3 is 10.6 Å². The van der Waals surface area contributed by atoms with Gasteiger partial charge in [0, 0.05) is 11.6 Å². The van der Waals surface area contributed by atoms with Crippen LogP contribution in [0.4, 0.5) is 15.8 Å². The van der Waals surface area contributed by atoms with E-state index in [9.17, 15) is 14.0 Å². The standard InChI is InChI=1S/C18H14FN3O2/c19-14-6-2-1-5-13(14)9-10-17(23)21-15-7-3-4-8-16(15)22-18(24)11-12-20/h1-10H,11H2,(H,21,23)(H,22,24)/b10-9+. The number of hydrogen-bond acceptors (Lipinski definition) is 3. The van der Waals surface area contributed by atoms with Crippen LogP contribution in [0.1, 0.15) is 12.0 Å². The highest BCUT2D eigenvalue weighted by Crippen LogP contribution is 2.21. The van der Waals surface area contributed by atoms with Gasteiger partial charge in [-0.3, -0.25) is 9.59 Å². The van der Waals surface area contributed by atoms with Crippen LogP contribution in [0.3, 0.4) is 0 Å². The normalized spacial score (nSPS) is 10.2. The average Bonchev–Trinajstić information content (AvgIpc) is 2.56. The molecule has 2 rings (SSSR count). The molecule has 0 saturated heterocycles. The molecule has 2 aromatic rings. The highest BCUT2D eigenvalue weighted by molar-refractivity contribution is 6.05. The van der Waals surface area contributed by atoms with Crippen molar-refractivity contribution in [1.82, 2.24) is 0 Å². The number of halogens is 1. The van der Waals surface area contributed by atoms with E-state index in [2.05, 4.69) is 10.6 Å². The zero-order valence-corrected chi connectivity index (χ0v) is 12.6. The molecule has 0 aliphatic rings. The van der Waals surface area contributed by atoms with Crippen molar-refractivity contribution in [3.63, 3.8) is 0 Å². The number of rotatable bonds is 5. The number of amides is 2. The average molecular weight is 323 g/mol. The summed E-state index contributed by atoms with van der Waals surface area (Å²) in [4.78, 5) is 23.5. The highest BCUT2D eigenvalue weighted by atomic mass is 19.1. The fourth-order valence-corrected chi connectivity index (χ4v) is 1.92. The summed E-state index contributed by atoms with van der Waals surface area (Å²) >= 11 is 0. The van der Waals surface area contributed by atoms with Gasteiger partial charge in [0.1, 0.15) is 12.2 Å². The third-order valence-corrected chi connectivity index (χ3v) is 3.02. The van der Waals surface area contributed by atoms with Crippen molar-refractivity contribution in [2.45, 2.75) is 6.42 Å². The molecule has 6 heteroatoms. The number of hydrogen-bond donors (Lipinski definition) is 2. The first-order valence-electron chi connectivity index (χ1n) is 7.09.